The number of hydrogen-bond acceptors (Lipinski definition) is 5. The van der Waals surface area contributed by atoms with Crippen molar-refractivity contribution in [2.45, 2.75) is 29.0 Å². The number of benzene rings is 1. The molecule has 4 nitrogen and oxygen atoms in total. The number of aromatic nitrogens is 1. The van der Waals surface area contributed by atoms with Crippen molar-refractivity contribution in [1.29, 1.82) is 0 Å². The van der Waals surface area contributed by atoms with Crippen LogP contribution in [0.2, 0.25) is 0 Å². The molecule has 1 fully saturated rings. The van der Waals surface area contributed by atoms with Crippen molar-refractivity contribution < 1.29 is 4.79 Å². The molecule has 1 heterocycles. The molecule has 1 aliphatic rings. The van der Waals surface area contributed by atoms with E-state index in [1.807, 2.05) is 36.6 Å². The first kappa shape index (κ1) is 15.5. The maximum atomic E-state index is 11.8. The smallest absolute Gasteiger partial charge is 0.238 e. The molecule has 6 heteroatoms. The molecule has 1 aromatic heterocycles. The van der Waals surface area contributed by atoms with Crippen molar-refractivity contribution in [3.63, 3.8) is 0 Å². The monoisotopic (exact) mass is 333 g/mol. The molecule has 2 aromatic rings. The molecule has 0 bridgehead atoms. The minimum absolute atomic E-state index is 0.0107. The van der Waals surface area contributed by atoms with Crippen LogP contribution in [0.1, 0.15) is 18.5 Å². The van der Waals surface area contributed by atoms with Gasteiger partial charge in [0.1, 0.15) is 0 Å². The Morgan fingerprint density at radius 3 is 2.77 bits per heavy atom. The normalized spacial score (nSPS) is 14.0. The van der Waals surface area contributed by atoms with E-state index in [0.717, 1.165) is 33.1 Å². The third-order valence-corrected chi connectivity index (χ3v) is 5.42. The van der Waals surface area contributed by atoms with Crippen molar-refractivity contribution in [1.82, 2.24) is 10.3 Å². The van der Waals surface area contributed by atoms with E-state index in [4.69, 9.17) is 0 Å². The van der Waals surface area contributed by atoms with E-state index in [-0.39, 0.29) is 5.91 Å². The Labute approximate surface area is 138 Å². The SMILES string of the molecule is Cc1csc(Sc2ccc(NC(=O)CNCC3CC3)cc2)n1. The second kappa shape index (κ2) is 7.26. The molecule has 3 rings (SSSR count). The Hall–Kier alpha value is -1.37. The summed E-state index contributed by atoms with van der Waals surface area (Å²) in [6.45, 7) is 3.33. The maximum Gasteiger partial charge on any atom is 0.238 e. The zero-order chi connectivity index (χ0) is 15.4. The number of aryl methyl sites for hydroxylation is 1. The molecule has 0 unspecified atom stereocenters. The van der Waals surface area contributed by atoms with Crippen molar-refractivity contribution >= 4 is 34.7 Å². The van der Waals surface area contributed by atoms with Crippen LogP contribution in [-0.4, -0.2) is 24.0 Å². The number of anilines is 1. The summed E-state index contributed by atoms with van der Waals surface area (Å²) in [6, 6.07) is 7.88. The molecule has 0 spiro atoms. The van der Waals surface area contributed by atoms with Gasteiger partial charge in [-0.3, -0.25) is 4.79 Å². The molecular weight excluding hydrogens is 314 g/mol. The van der Waals surface area contributed by atoms with Crippen LogP contribution >= 0.6 is 23.1 Å². The van der Waals surface area contributed by atoms with Gasteiger partial charge in [-0.2, -0.15) is 0 Å². The highest BCUT2D eigenvalue weighted by molar-refractivity contribution is 8.01. The molecule has 0 atom stereocenters. The summed E-state index contributed by atoms with van der Waals surface area (Å²) in [5.41, 5.74) is 1.88. The third-order valence-electron chi connectivity index (χ3n) is 3.36. The number of carbonyl (C=O) groups excluding carboxylic acids is 1. The summed E-state index contributed by atoms with van der Waals surface area (Å²) in [5, 5.41) is 8.15. The lowest BCUT2D eigenvalue weighted by atomic mass is 10.3. The number of hydrogen-bond donors (Lipinski definition) is 2. The predicted molar refractivity (Wildman–Crippen MR) is 91.6 cm³/mol. The highest BCUT2D eigenvalue weighted by atomic mass is 32.2. The Kier molecular flexibility index (Phi) is 5.12. The number of nitrogens with zero attached hydrogens (tertiary/aromatic N) is 1. The highest BCUT2D eigenvalue weighted by Crippen LogP contribution is 2.30. The fourth-order valence-electron chi connectivity index (χ4n) is 2.00. The molecule has 22 heavy (non-hydrogen) atoms. The van der Waals surface area contributed by atoms with Gasteiger partial charge in [-0.05, 0) is 56.5 Å². The summed E-state index contributed by atoms with van der Waals surface area (Å²) < 4.78 is 1.04. The molecular formula is C16H19N3OS2. The van der Waals surface area contributed by atoms with E-state index in [1.54, 1.807) is 23.1 Å². The number of amides is 1. The fourth-order valence-corrected chi connectivity index (χ4v) is 3.81. The van der Waals surface area contributed by atoms with E-state index < -0.39 is 0 Å². The van der Waals surface area contributed by atoms with Crippen LogP contribution in [0.15, 0.2) is 38.9 Å². The Morgan fingerprint density at radius 1 is 1.36 bits per heavy atom. The number of carbonyl (C=O) groups is 1. The molecule has 1 aliphatic carbocycles. The first-order valence-electron chi connectivity index (χ1n) is 7.39. The molecule has 0 saturated heterocycles. The van der Waals surface area contributed by atoms with Gasteiger partial charge in [-0.15, -0.1) is 11.3 Å². The summed E-state index contributed by atoms with van der Waals surface area (Å²) >= 11 is 3.29. The zero-order valence-corrected chi connectivity index (χ0v) is 14.1. The second-order valence-electron chi connectivity index (χ2n) is 5.50. The minimum atomic E-state index is 0.0107. The summed E-state index contributed by atoms with van der Waals surface area (Å²) in [4.78, 5) is 17.4. The fraction of sp³-hybridized carbons (Fsp3) is 0.375. The Balaban J connectivity index is 1.46. The van der Waals surface area contributed by atoms with Crippen LogP contribution in [0.25, 0.3) is 0 Å². The molecule has 1 aromatic carbocycles. The van der Waals surface area contributed by atoms with E-state index >= 15 is 0 Å². The predicted octanol–water partition coefficient (Wildman–Crippen LogP) is 3.54. The number of nitrogens with one attached hydrogen (secondary N) is 2. The maximum absolute atomic E-state index is 11.8. The van der Waals surface area contributed by atoms with Crippen LogP contribution in [0.5, 0.6) is 0 Å². The van der Waals surface area contributed by atoms with E-state index in [2.05, 4.69) is 15.6 Å². The third kappa shape index (κ3) is 4.83. The van der Waals surface area contributed by atoms with Gasteiger partial charge < -0.3 is 10.6 Å². The minimum Gasteiger partial charge on any atom is -0.325 e. The van der Waals surface area contributed by atoms with Gasteiger partial charge in [0.15, 0.2) is 4.34 Å². The summed E-state index contributed by atoms with van der Waals surface area (Å²) in [6.07, 6.45) is 2.60. The van der Waals surface area contributed by atoms with Gasteiger partial charge in [0.2, 0.25) is 5.91 Å². The first-order chi connectivity index (χ1) is 10.7. The second-order valence-corrected chi connectivity index (χ2v) is 7.68. The summed E-state index contributed by atoms with van der Waals surface area (Å²) in [7, 11) is 0. The zero-order valence-electron chi connectivity index (χ0n) is 12.5. The van der Waals surface area contributed by atoms with Crippen LogP contribution in [0, 0.1) is 12.8 Å². The number of thiazole rings is 1. The average Bonchev–Trinajstić information content (AvgIpc) is 3.23. The molecule has 2 N–H and O–H groups in total. The van der Waals surface area contributed by atoms with Crippen LogP contribution < -0.4 is 10.6 Å². The van der Waals surface area contributed by atoms with Crippen molar-refractivity contribution in [3.05, 3.63) is 35.3 Å². The van der Waals surface area contributed by atoms with Crippen molar-refractivity contribution in [2.75, 3.05) is 18.4 Å². The van der Waals surface area contributed by atoms with Crippen molar-refractivity contribution in [2.24, 2.45) is 5.92 Å². The van der Waals surface area contributed by atoms with Gasteiger partial charge in [-0.25, -0.2) is 4.98 Å². The first-order valence-corrected chi connectivity index (χ1v) is 9.09. The van der Waals surface area contributed by atoms with E-state index in [1.165, 1.54) is 12.8 Å². The van der Waals surface area contributed by atoms with Gasteiger partial charge in [0.25, 0.3) is 0 Å². The van der Waals surface area contributed by atoms with Crippen LogP contribution in [0.3, 0.4) is 0 Å². The molecule has 1 saturated carbocycles. The van der Waals surface area contributed by atoms with Crippen molar-refractivity contribution in [3.8, 4) is 0 Å². The van der Waals surface area contributed by atoms with E-state index in [0.29, 0.717) is 6.54 Å². The largest absolute Gasteiger partial charge is 0.325 e. The number of rotatable bonds is 7. The topological polar surface area (TPSA) is 54.0 Å². The van der Waals surface area contributed by atoms with Crippen LogP contribution in [-0.2, 0) is 4.79 Å². The van der Waals surface area contributed by atoms with Gasteiger partial charge >= 0.3 is 0 Å². The van der Waals surface area contributed by atoms with Gasteiger partial charge in [0, 0.05) is 21.7 Å². The standard InChI is InChI=1S/C16H19N3OS2/c1-11-10-21-16(18-11)22-14-6-4-13(5-7-14)19-15(20)9-17-8-12-2-3-12/h4-7,10,12,17H,2-3,8-9H2,1H3,(H,19,20). The lowest BCUT2D eigenvalue weighted by Gasteiger charge is -2.07. The van der Waals surface area contributed by atoms with Gasteiger partial charge in [-0.1, -0.05) is 11.8 Å². The quantitative estimate of drug-likeness (QED) is 0.814. The molecule has 1 amide bonds. The molecule has 116 valence electrons. The molecule has 0 aliphatic heterocycles. The Morgan fingerprint density at radius 2 is 2.14 bits per heavy atom. The van der Waals surface area contributed by atoms with Crippen LogP contribution in [0.4, 0.5) is 5.69 Å². The van der Waals surface area contributed by atoms with Gasteiger partial charge in [0.05, 0.1) is 6.54 Å². The lowest BCUT2D eigenvalue weighted by Crippen LogP contribution is -2.29. The lowest BCUT2D eigenvalue weighted by molar-refractivity contribution is -0.115. The highest BCUT2D eigenvalue weighted by Gasteiger charge is 2.20. The Bertz CT molecular complexity index is 635. The average molecular weight is 333 g/mol. The molecule has 0 radical (unpaired) electrons. The summed E-state index contributed by atoms with van der Waals surface area (Å²) in [5.74, 6) is 0.801. The van der Waals surface area contributed by atoms with E-state index in [9.17, 15) is 4.79 Å².